The Hall–Kier alpha value is -3.35. The van der Waals surface area contributed by atoms with E-state index in [-0.39, 0.29) is 29.7 Å². The van der Waals surface area contributed by atoms with Crippen molar-refractivity contribution < 1.29 is 32.2 Å². The maximum atomic E-state index is 14.5. The second kappa shape index (κ2) is 8.77. The zero-order valence-electron chi connectivity index (χ0n) is 15.1. The third-order valence-corrected chi connectivity index (χ3v) is 4.37. The molecule has 0 saturated heterocycles. The van der Waals surface area contributed by atoms with Crippen molar-refractivity contribution in [3.63, 3.8) is 0 Å². The number of carboxylic acid groups (broad SMARTS) is 1. The largest absolute Gasteiger partial charge is 0.479 e. The van der Waals surface area contributed by atoms with Gasteiger partial charge in [-0.2, -0.15) is 0 Å². The van der Waals surface area contributed by atoms with Gasteiger partial charge in [0.25, 0.3) is 0 Å². The SMILES string of the molecule is O=C(O)COc1ccc(F)c(CCc2cc(-c3ccc(F)cc3)ccc2F)c1F. The van der Waals surface area contributed by atoms with E-state index in [0.29, 0.717) is 11.1 Å². The smallest absolute Gasteiger partial charge is 0.341 e. The fourth-order valence-corrected chi connectivity index (χ4v) is 2.90. The predicted octanol–water partition coefficient (Wildman–Crippen LogP) is 5.16. The first-order chi connectivity index (χ1) is 13.8. The maximum absolute atomic E-state index is 14.5. The van der Waals surface area contributed by atoms with E-state index in [9.17, 15) is 22.4 Å². The Morgan fingerprint density at radius 1 is 0.828 bits per heavy atom. The normalized spacial score (nSPS) is 10.8. The lowest BCUT2D eigenvalue weighted by molar-refractivity contribution is -0.139. The van der Waals surface area contributed by atoms with Crippen LogP contribution < -0.4 is 4.74 Å². The van der Waals surface area contributed by atoms with E-state index >= 15 is 0 Å². The number of ether oxygens (including phenoxy) is 1. The first-order valence-electron chi connectivity index (χ1n) is 8.71. The molecule has 0 saturated carbocycles. The van der Waals surface area contributed by atoms with Crippen molar-refractivity contribution in [2.75, 3.05) is 6.61 Å². The van der Waals surface area contributed by atoms with E-state index in [1.807, 2.05) is 0 Å². The van der Waals surface area contributed by atoms with Crippen molar-refractivity contribution in [2.24, 2.45) is 0 Å². The average molecular weight is 404 g/mol. The molecule has 0 bridgehead atoms. The number of hydrogen-bond acceptors (Lipinski definition) is 2. The highest BCUT2D eigenvalue weighted by Gasteiger charge is 2.16. The van der Waals surface area contributed by atoms with Crippen LogP contribution in [0.2, 0.25) is 0 Å². The molecule has 150 valence electrons. The molecule has 0 aliphatic carbocycles. The van der Waals surface area contributed by atoms with E-state index in [1.165, 1.54) is 24.3 Å². The summed E-state index contributed by atoms with van der Waals surface area (Å²) in [5.74, 6) is -4.46. The Morgan fingerprint density at radius 3 is 2.17 bits per heavy atom. The molecule has 0 heterocycles. The number of rotatable bonds is 7. The maximum Gasteiger partial charge on any atom is 0.341 e. The van der Waals surface area contributed by atoms with E-state index in [0.717, 1.165) is 12.1 Å². The van der Waals surface area contributed by atoms with Crippen molar-refractivity contribution in [2.45, 2.75) is 12.8 Å². The zero-order chi connectivity index (χ0) is 21.0. The Kier molecular flexibility index (Phi) is 6.16. The standard InChI is InChI=1S/C22H16F4O3/c23-16-5-1-13(2-6-16)14-4-8-18(24)15(11-14)3-7-17-19(25)9-10-20(22(17)26)29-12-21(27)28/h1-2,4-6,8-11H,3,7,12H2,(H,27,28). The van der Waals surface area contributed by atoms with Crippen LogP contribution in [0.5, 0.6) is 5.75 Å². The number of aryl methyl sites for hydroxylation is 1. The molecule has 0 aliphatic heterocycles. The molecule has 0 amide bonds. The van der Waals surface area contributed by atoms with Gasteiger partial charge in [-0.3, -0.25) is 0 Å². The van der Waals surface area contributed by atoms with Crippen LogP contribution in [0.3, 0.4) is 0 Å². The summed E-state index contributed by atoms with van der Waals surface area (Å²) in [6.07, 6.45) is -0.164. The molecule has 0 unspecified atom stereocenters. The molecule has 0 fully saturated rings. The number of hydrogen-bond donors (Lipinski definition) is 1. The van der Waals surface area contributed by atoms with Crippen molar-refractivity contribution in [1.29, 1.82) is 0 Å². The minimum atomic E-state index is -1.30. The Balaban J connectivity index is 1.82. The minimum absolute atomic E-state index is 0.00289. The lowest BCUT2D eigenvalue weighted by Crippen LogP contribution is -2.11. The summed E-state index contributed by atoms with van der Waals surface area (Å²) < 4.78 is 60.7. The fourth-order valence-electron chi connectivity index (χ4n) is 2.90. The molecule has 0 aromatic heterocycles. The van der Waals surface area contributed by atoms with Gasteiger partial charge < -0.3 is 9.84 Å². The molecular weight excluding hydrogens is 388 g/mol. The molecule has 0 radical (unpaired) electrons. The van der Waals surface area contributed by atoms with E-state index < -0.39 is 35.8 Å². The van der Waals surface area contributed by atoms with E-state index in [4.69, 9.17) is 9.84 Å². The molecule has 3 nitrogen and oxygen atoms in total. The molecule has 3 aromatic carbocycles. The topological polar surface area (TPSA) is 46.5 Å². The van der Waals surface area contributed by atoms with Gasteiger partial charge in [-0.05, 0) is 65.9 Å². The molecule has 1 N–H and O–H groups in total. The summed E-state index contributed by atoms with van der Waals surface area (Å²) in [4.78, 5) is 10.6. The number of halogens is 4. The van der Waals surface area contributed by atoms with Crippen molar-refractivity contribution in [1.82, 2.24) is 0 Å². The molecular formula is C22H16F4O3. The Labute approximate surface area is 164 Å². The van der Waals surface area contributed by atoms with Gasteiger partial charge >= 0.3 is 5.97 Å². The van der Waals surface area contributed by atoms with Crippen LogP contribution >= 0.6 is 0 Å². The second-order valence-electron chi connectivity index (χ2n) is 6.33. The lowest BCUT2D eigenvalue weighted by Gasteiger charge is -2.11. The summed E-state index contributed by atoms with van der Waals surface area (Å²) in [7, 11) is 0. The quantitative estimate of drug-likeness (QED) is 0.554. The van der Waals surface area contributed by atoms with Gasteiger partial charge in [-0.15, -0.1) is 0 Å². The zero-order valence-corrected chi connectivity index (χ0v) is 15.1. The van der Waals surface area contributed by atoms with Crippen molar-refractivity contribution in [3.8, 4) is 16.9 Å². The van der Waals surface area contributed by atoms with Gasteiger partial charge in [0.05, 0.1) is 0 Å². The Morgan fingerprint density at radius 2 is 1.48 bits per heavy atom. The van der Waals surface area contributed by atoms with Crippen LogP contribution in [0.1, 0.15) is 11.1 Å². The Bertz CT molecular complexity index is 1030. The first-order valence-corrected chi connectivity index (χ1v) is 8.71. The van der Waals surface area contributed by atoms with Crippen LogP contribution in [0.25, 0.3) is 11.1 Å². The minimum Gasteiger partial charge on any atom is -0.479 e. The third kappa shape index (κ3) is 4.93. The number of carbonyl (C=O) groups is 1. The molecule has 7 heteroatoms. The van der Waals surface area contributed by atoms with Gasteiger partial charge in [-0.1, -0.05) is 18.2 Å². The second-order valence-corrected chi connectivity index (χ2v) is 6.33. The fraction of sp³-hybridized carbons (Fsp3) is 0.136. The van der Waals surface area contributed by atoms with Gasteiger partial charge in [-0.25, -0.2) is 22.4 Å². The highest BCUT2D eigenvalue weighted by Crippen LogP contribution is 2.27. The van der Waals surface area contributed by atoms with Crippen LogP contribution in [-0.2, 0) is 17.6 Å². The van der Waals surface area contributed by atoms with Gasteiger partial charge in [0.1, 0.15) is 17.5 Å². The first kappa shape index (κ1) is 20.4. The third-order valence-electron chi connectivity index (χ3n) is 4.37. The summed E-state index contributed by atoms with van der Waals surface area (Å²) >= 11 is 0. The lowest BCUT2D eigenvalue weighted by atomic mass is 9.98. The summed E-state index contributed by atoms with van der Waals surface area (Å²) in [5.41, 5.74) is 1.23. The number of aliphatic carboxylic acids is 1. The molecule has 29 heavy (non-hydrogen) atoms. The van der Waals surface area contributed by atoms with Gasteiger partial charge in [0.15, 0.2) is 18.2 Å². The molecule has 3 rings (SSSR count). The highest BCUT2D eigenvalue weighted by atomic mass is 19.1. The summed E-state index contributed by atoms with van der Waals surface area (Å²) in [5, 5.41) is 8.62. The molecule has 0 spiro atoms. The van der Waals surface area contributed by atoms with Crippen LogP contribution in [0.4, 0.5) is 17.6 Å². The van der Waals surface area contributed by atoms with Crippen LogP contribution in [0, 0.1) is 23.3 Å². The number of carboxylic acids is 1. The predicted molar refractivity (Wildman–Crippen MR) is 98.7 cm³/mol. The van der Waals surface area contributed by atoms with E-state index in [2.05, 4.69) is 0 Å². The van der Waals surface area contributed by atoms with Crippen LogP contribution in [-0.4, -0.2) is 17.7 Å². The number of benzene rings is 3. The monoisotopic (exact) mass is 404 g/mol. The summed E-state index contributed by atoms with van der Waals surface area (Å²) in [6.45, 7) is -0.768. The van der Waals surface area contributed by atoms with Gasteiger partial charge in [0.2, 0.25) is 0 Å². The van der Waals surface area contributed by atoms with Crippen LogP contribution in [0.15, 0.2) is 54.6 Å². The van der Waals surface area contributed by atoms with Crippen molar-refractivity contribution in [3.05, 3.63) is 89.0 Å². The van der Waals surface area contributed by atoms with Crippen molar-refractivity contribution >= 4 is 5.97 Å². The molecule has 0 aliphatic rings. The molecule has 0 atom stereocenters. The highest BCUT2D eigenvalue weighted by molar-refractivity contribution is 5.68. The molecule has 3 aromatic rings. The van der Waals surface area contributed by atoms with Gasteiger partial charge in [0, 0.05) is 5.56 Å². The van der Waals surface area contributed by atoms with E-state index in [1.54, 1.807) is 18.2 Å². The average Bonchev–Trinajstić information content (AvgIpc) is 2.69. The summed E-state index contributed by atoms with van der Waals surface area (Å²) in [6, 6.07) is 12.0.